The van der Waals surface area contributed by atoms with Gasteiger partial charge in [-0.25, -0.2) is 0 Å². The molecule has 0 fully saturated rings. The van der Waals surface area contributed by atoms with Crippen LogP contribution in [-0.4, -0.2) is 46.1 Å². The molecule has 0 aromatic carbocycles. The molecule has 0 aromatic heterocycles. The van der Waals surface area contributed by atoms with E-state index in [9.17, 15) is 20.1 Å². The van der Waals surface area contributed by atoms with Crippen LogP contribution in [0.15, 0.2) is 24.3 Å². The lowest BCUT2D eigenvalue weighted by Gasteiger charge is -2.26. The Morgan fingerprint density at radius 2 is 0.631 bits per heavy atom. The molecule has 0 aliphatic carbocycles. The van der Waals surface area contributed by atoms with Crippen molar-refractivity contribution >= 4 is 5.91 Å². The third-order valence-electron chi connectivity index (χ3n) is 14.0. The third kappa shape index (κ3) is 50.5. The van der Waals surface area contributed by atoms with Crippen molar-refractivity contribution < 1.29 is 20.1 Å². The highest BCUT2D eigenvalue weighted by atomic mass is 16.3. The molecule has 0 heterocycles. The van der Waals surface area contributed by atoms with E-state index in [0.29, 0.717) is 12.8 Å². The Morgan fingerprint density at radius 3 is 0.938 bits per heavy atom. The summed E-state index contributed by atoms with van der Waals surface area (Å²) in [5.74, 6) is -0.152. The largest absolute Gasteiger partial charge is 0.394 e. The van der Waals surface area contributed by atoms with Crippen molar-refractivity contribution in [2.24, 2.45) is 0 Å². The van der Waals surface area contributed by atoms with Gasteiger partial charge in [0.15, 0.2) is 0 Å². The fourth-order valence-electron chi connectivity index (χ4n) is 9.48. The van der Waals surface area contributed by atoms with Gasteiger partial charge in [0, 0.05) is 6.42 Å². The molecular weight excluding hydrogens is 799 g/mol. The van der Waals surface area contributed by atoms with Crippen molar-refractivity contribution in [1.29, 1.82) is 0 Å². The van der Waals surface area contributed by atoms with Crippen molar-refractivity contribution in [1.82, 2.24) is 5.32 Å². The number of allylic oxidation sites excluding steroid dienone is 4. The van der Waals surface area contributed by atoms with Crippen LogP contribution in [0, 0.1) is 0 Å². The average Bonchev–Trinajstić information content (AvgIpc) is 3.31. The molecule has 0 aliphatic heterocycles. The van der Waals surface area contributed by atoms with E-state index in [4.69, 9.17) is 0 Å². The molecule has 0 aliphatic rings. The average molecular weight is 917 g/mol. The highest BCUT2D eigenvalue weighted by Gasteiger charge is 2.26. The second-order valence-electron chi connectivity index (χ2n) is 20.5. The fraction of sp³-hybridized carbons (Fsp3) is 0.917. The maximum absolute atomic E-state index is 12.5. The van der Waals surface area contributed by atoms with E-state index in [0.717, 1.165) is 44.9 Å². The summed E-state index contributed by atoms with van der Waals surface area (Å²) >= 11 is 0. The number of rotatable bonds is 55. The zero-order valence-corrected chi connectivity index (χ0v) is 44.1. The quantitative estimate of drug-likeness (QED) is 0.0361. The van der Waals surface area contributed by atoms with Gasteiger partial charge in [0.25, 0.3) is 0 Å². The minimum atomic E-state index is -1.16. The number of amides is 1. The van der Waals surface area contributed by atoms with Crippen LogP contribution in [0.1, 0.15) is 328 Å². The van der Waals surface area contributed by atoms with Crippen LogP contribution in [0.2, 0.25) is 0 Å². The third-order valence-corrected chi connectivity index (χ3v) is 14.0. The summed E-state index contributed by atoms with van der Waals surface area (Å²) in [6, 6.07) is -0.830. The molecule has 0 saturated heterocycles. The first kappa shape index (κ1) is 63.8. The Morgan fingerprint density at radius 1 is 0.369 bits per heavy atom. The molecule has 5 heteroatoms. The van der Waals surface area contributed by atoms with Gasteiger partial charge in [-0.05, 0) is 51.4 Å². The summed E-state index contributed by atoms with van der Waals surface area (Å²) in [6.45, 7) is 4.20. The van der Waals surface area contributed by atoms with Gasteiger partial charge < -0.3 is 20.6 Å². The van der Waals surface area contributed by atoms with E-state index in [1.807, 2.05) is 0 Å². The standard InChI is InChI=1S/C60H117NO4/c1-3-5-7-9-11-13-15-17-19-21-23-24-25-26-27-28-29-30-31-32-33-34-35-37-39-41-43-45-47-49-51-53-55-59(64)61-57(56-62)60(65)58(63)54-52-50-48-46-44-42-40-38-36-22-20-18-16-14-12-10-8-6-4-2/h38,40,46,48,57-58,60,62-63,65H,3-37,39,41-45,47,49-56H2,1-2H3,(H,61,64)/b40-38+,48-46+. The molecule has 0 radical (unpaired) electrons. The predicted molar refractivity (Wildman–Crippen MR) is 287 cm³/mol. The molecule has 0 saturated carbocycles. The second kappa shape index (κ2) is 55.4. The lowest BCUT2D eigenvalue weighted by atomic mass is 10.0. The van der Waals surface area contributed by atoms with E-state index in [1.54, 1.807) is 0 Å². The normalized spacial score (nSPS) is 13.4. The number of aliphatic hydroxyl groups excluding tert-OH is 3. The molecule has 386 valence electrons. The van der Waals surface area contributed by atoms with Crippen LogP contribution in [0.5, 0.6) is 0 Å². The zero-order chi connectivity index (χ0) is 47.2. The van der Waals surface area contributed by atoms with Crippen LogP contribution in [-0.2, 0) is 4.79 Å². The summed E-state index contributed by atoms with van der Waals surface area (Å²) < 4.78 is 0. The fourth-order valence-corrected chi connectivity index (χ4v) is 9.48. The van der Waals surface area contributed by atoms with E-state index in [-0.39, 0.29) is 12.5 Å². The molecular formula is C60H117NO4. The number of hydrogen-bond donors (Lipinski definition) is 4. The van der Waals surface area contributed by atoms with Crippen molar-refractivity contribution in [2.75, 3.05) is 6.61 Å². The highest BCUT2D eigenvalue weighted by molar-refractivity contribution is 5.76. The molecule has 0 spiro atoms. The van der Waals surface area contributed by atoms with E-state index in [2.05, 4.69) is 43.5 Å². The van der Waals surface area contributed by atoms with Crippen LogP contribution in [0.25, 0.3) is 0 Å². The molecule has 0 aromatic rings. The minimum Gasteiger partial charge on any atom is -0.394 e. The first-order valence-corrected chi connectivity index (χ1v) is 29.6. The van der Waals surface area contributed by atoms with Crippen LogP contribution in [0.3, 0.4) is 0 Å². The number of carbonyl (C=O) groups is 1. The molecule has 4 N–H and O–H groups in total. The molecule has 0 bridgehead atoms. The summed E-state index contributed by atoms with van der Waals surface area (Å²) in [6.07, 6.45) is 70.7. The Bertz CT molecular complexity index is 967. The van der Waals surface area contributed by atoms with Gasteiger partial charge in [0.05, 0.1) is 18.8 Å². The lowest BCUT2D eigenvalue weighted by molar-refractivity contribution is -0.124. The van der Waals surface area contributed by atoms with Gasteiger partial charge in [-0.2, -0.15) is 0 Å². The SMILES string of the molecule is CCCCCCCCCCCC/C=C/CC/C=C/CCCC(O)C(O)C(CO)NC(=O)CCCCCCCCCCCCCCCCCCCCCCCCCCCCCCCCCC. The predicted octanol–water partition coefficient (Wildman–Crippen LogP) is 18.5. The van der Waals surface area contributed by atoms with Crippen LogP contribution < -0.4 is 5.32 Å². The summed E-state index contributed by atoms with van der Waals surface area (Å²) in [4.78, 5) is 12.5. The van der Waals surface area contributed by atoms with Gasteiger partial charge in [-0.15, -0.1) is 0 Å². The molecule has 3 unspecified atom stereocenters. The minimum absolute atomic E-state index is 0.152. The van der Waals surface area contributed by atoms with Gasteiger partial charge in [-0.1, -0.05) is 295 Å². The topological polar surface area (TPSA) is 89.8 Å². The monoisotopic (exact) mass is 916 g/mol. The Kier molecular flexibility index (Phi) is 54.4. The van der Waals surface area contributed by atoms with E-state index >= 15 is 0 Å². The van der Waals surface area contributed by atoms with Crippen molar-refractivity contribution in [3.63, 3.8) is 0 Å². The van der Waals surface area contributed by atoms with Gasteiger partial charge in [-0.3, -0.25) is 4.79 Å². The van der Waals surface area contributed by atoms with Crippen LogP contribution in [0.4, 0.5) is 0 Å². The summed E-state index contributed by atoms with van der Waals surface area (Å²) in [5.41, 5.74) is 0. The maximum atomic E-state index is 12.5. The Hall–Kier alpha value is -1.17. The number of carbonyl (C=O) groups excluding carboxylic acids is 1. The number of unbranched alkanes of at least 4 members (excludes halogenated alkanes) is 43. The summed E-state index contributed by atoms with van der Waals surface area (Å²) in [5, 5.41) is 33.7. The molecule has 1 amide bonds. The number of nitrogens with one attached hydrogen (secondary N) is 1. The molecule has 65 heavy (non-hydrogen) atoms. The van der Waals surface area contributed by atoms with Crippen molar-refractivity contribution in [2.45, 2.75) is 347 Å². The number of hydrogen-bond acceptors (Lipinski definition) is 4. The molecule has 3 atom stereocenters. The lowest BCUT2D eigenvalue weighted by Crippen LogP contribution is -2.50. The molecule has 0 rings (SSSR count). The van der Waals surface area contributed by atoms with Gasteiger partial charge in [0.2, 0.25) is 5.91 Å². The number of aliphatic hydroxyl groups is 3. The van der Waals surface area contributed by atoms with Crippen molar-refractivity contribution in [3.05, 3.63) is 24.3 Å². The van der Waals surface area contributed by atoms with Gasteiger partial charge in [0.1, 0.15) is 6.10 Å². The first-order valence-electron chi connectivity index (χ1n) is 29.6. The maximum Gasteiger partial charge on any atom is 0.220 e. The van der Waals surface area contributed by atoms with Crippen molar-refractivity contribution in [3.8, 4) is 0 Å². The van der Waals surface area contributed by atoms with E-state index in [1.165, 1.54) is 257 Å². The zero-order valence-electron chi connectivity index (χ0n) is 44.1. The second-order valence-corrected chi connectivity index (χ2v) is 20.5. The van der Waals surface area contributed by atoms with Gasteiger partial charge >= 0.3 is 0 Å². The van der Waals surface area contributed by atoms with Crippen LogP contribution >= 0.6 is 0 Å². The van der Waals surface area contributed by atoms with E-state index < -0.39 is 18.2 Å². The Balaban J connectivity index is 3.50. The molecule has 5 nitrogen and oxygen atoms in total. The smallest absolute Gasteiger partial charge is 0.220 e. The highest BCUT2D eigenvalue weighted by Crippen LogP contribution is 2.18. The first-order chi connectivity index (χ1) is 32.1. The Labute approximate surface area is 407 Å². The summed E-state index contributed by atoms with van der Waals surface area (Å²) in [7, 11) is 0.